The van der Waals surface area contributed by atoms with Crippen LogP contribution in [-0.2, 0) is 0 Å². The SMILES string of the molecule is O=C(O)c1ccc(-c2cccc3[nH]ccc23)cc1Br. The molecule has 1 heterocycles. The second-order valence-corrected chi connectivity index (χ2v) is 5.10. The highest BCUT2D eigenvalue weighted by atomic mass is 79.9. The monoisotopic (exact) mass is 315 g/mol. The largest absolute Gasteiger partial charge is 0.478 e. The second-order valence-electron chi connectivity index (χ2n) is 4.24. The minimum atomic E-state index is -0.932. The van der Waals surface area contributed by atoms with Gasteiger partial charge in [0.05, 0.1) is 5.56 Å². The number of rotatable bonds is 2. The van der Waals surface area contributed by atoms with E-state index < -0.39 is 5.97 Å². The summed E-state index contributed by atoms with van der Waals surface area (Å²) in [6.07, 6.45) is 1.90. The van der Waals surface area contributed by atoms with Gasteiger partial charge < -0.3 is 10.1 Å². The molecule has 0 spiro atoms. The maximum atomic E-state index is 11.0. The smallest absolute Gasteiger partial charge is 0.336 e. The normalized spacial score (nSPS) is 10.8. The van der Waals surface area contributed by atoms with Crippen LogP contribution in [0.2, 0.25) is 0 Å². The summed E-state index contributed by atoms with van der Waals surface area (Å²) in [5, 5.41) is 10.2. The van der Waals surface area contributed by atoms with Crippen molar-refractivity contribution in [2.24, 2.45) is 0 Å². The van der Waals surface area contributed by atoms with Crippen molar-refractivity contribution in [3.63, 3.8) is 0 Å². The zero-order chi connectivity index (χ0) is 13.4. The molecule has 0 aliphatic carbocycles. The van der Waals surface area contributed by atoms with Crippen LogP contribution in [0.4, 0.5) is 0 Å². The molecule has 19 heavy (non-hydrogen) atoms. The van der Waals surface area contributed by atoms with Crippen LogP contribution in [0.15, 0.2) is 53.1 Å². The van der Waals surface area contributed by atoms with Crippen LogP contribution in [0, 0.1) is 0 Å². The van der Waals surface area contributed by atoms with Crippen molar-refractivity contribution < 1.29 is 9.90 Å². The van der Waals surface area contributed by atoms with Crippen LogP contribution in [0.25, 0.3) is 22.0 Å². The van der Waals surface area contributed by atoms with Crippen molar-refractivity contribution in [1.82, 2.24) is 4.98 Å². The van der Waals surface area contributed by atoms with Crippen molar-refractivity contribution in [2.45, 2.75) is 0 Å². The molecule has 0 radical (unpaired) electrons. The lowest BCUT2D eigenvalue weighted by atomic mass is 10.0. The molecule has 0 aliphatic heterocycles. The van der Waals surface area contributed by atoms with Gasteiger partial charge in [0.1, 0.15) is 0 Å². The molecule has 3 rings (SSSR count). The predicted octanol–water partition coefficient (Wildman–Crippen LogP) is 4.30. The van der Waals surface area contributed by atoms with E-state index in [2.05, 4.69) is 20.9 Å². The van der Waals surface area contributed by atoms with Gasteiger partial charge in [-0.3, -0.25) is 0 Å². The Bertz CT molecular complexity index is 777. The molecule has 0 amide bonds. The zero-order valence-corrected chi connectivity index (χ0v) is 11.4. The van der Waals surface area contributed by atoms with Gasteiger partial charge in [0.25, 0.3) is 0 Å². The van der Waals surface area contributed by atoms with Gasteiger partial charge in [-0.05, 0) is 51.3 Å². The summed E-state index contributed by atoms with van der Waals surface area (Å²) in [6.45, 7) is 0. The fraction of sp³-hybridized carbons (Fsp3) is 0. The van der Waals surface area contributed by atoms with Gasteiger partial charge in [-0.15, -0.1) is 0 Å². The average Bonchev–Trinajstić information content (AvgIpc) is 2.86. The Morgan fingerprint density at radius 2 is 2.00 bits per heavy atom. The highest BCUT2D eigenvalue weighted by molar-refractivity contribution is 9.10. The summed E-state index contributed by atoms with van der Waals surface area (Å²) < 4.78 is 0.588. The fourth-order valence-electron chi connectivity index (χ4n) is 2.19. The molecular formula is C15H10BrNO2. The Balaban J connectivity index is 2.19. The van der Waals surface area contributed by atoms with E-state index in [1.165, 1.54) is 0 Å². The number of hydrogen-bond donors (Lipinski definition) is 2. The zero-order valence-electron chi connectivity index (χ0n) is 9.85. The van der Waals surface area contributed by atoms with Gasteiger partial charge in [0.15, 0.2) is 0 Å². The van der Waals surface area contributed by atoms with Crippen molar-refractivity contribution in [3.8, 4) is 11.1 Å². The molecule has 0 unspecified atom stereocenters. The molecule has 3 aromatic rings. The minimum absolute atomic E-state index is 0.269. The maximum Gasteiger partial charge on any atom is 0.336 e. The summed E-state index contributed by atoms with van der Waals surface area (Å²) in [7, 11) is 0. The van der Waals surface area contributed by atoms with E-state index in [4.69, 9.17) is 5.11 Å². The third-order valence-electron chi connectivity index (χ3n) is 3.11. The van der Waals surface area contributed by atoms with E-state index in [0.717, 1.165) is 22.0 Å². The molecule has 0 saturated heterocycles. The number of carbonyl (C=O) groups is 1. The molecule has 0 aliphatic rings. The van der Waals surface area contributed by atoms with Crippen LogP contribution in [0.3, 0.4) is 0 Å². The van der Waals surface area contributed by atoms with Gasteiger partial charge >= 0.3 is 5.97 Å². The molecule has 0 saturated carbocycles. The van der Waals surface area contributed by atoms with E-state index >= 15 is 0 Å². The predicted molar refractivity (Wildman–Crippen MR) is 78.4 cm³/mol. The number of H-pyrrole nitrogens is 1. The number of carboxylic acid groups (broad SMARTS) is 1. The summed E-state index contributed by atoms with van der Waals surface area (Å²) in [6, 6.07) is 13.3. The highest BCUT2D eigenvalue weighted by Gasteiger charge is 2.10. The van der Waals surface area contributed by atoms with E-state index in [1.54, 1.807) is 6.07 Å². The molecule has 0 bridgehead atoms. The Morgan fingerprint density at radius 3 is 2.74 bits per heavy atom. The van der Waals surface area contributed by atoms with E-state index in [9.17, 15) is 4.79 Å². The first-order valence-corrected chi connectivity index (χ1v) is 6.55. The Kier molecular flexibility index (Phi) is 2.87. The van der Waals surface area contributed by atoms with E-state index in [0.29, 0.717) is 4.47 Å². The molecule has 2 N–H and O–H groups in total. The van der Waals surface area contributed by atoms with Crippen molar-refractivity contribution >= 4 is 32.8 Å². The van der Waals surface area contributed by atoms with Crippen molar-refractivity contribution in [2.75, 3.05) is 0 Å². The van der Waals surface area contributed by atoms with Gasteiger partial charge in [0.2, 0.25) is 0 Å². The molecular weight excluding hydrogens is 306 g/mol. The number of benzene rings is 2. The lowest BCUT2D eigenvalue weighted by molar-refractivity contribution is 0.0696. The lowest BCUT2D eigenvalue weighted by Gasteiger charge is -2.06. The van der Waals surface area contributed by atoms with Crippen LogP contribution >= 0.6 is 15.9 Å². The second kappa shape index (κ2) is 4.55. The molecule has 1 aromatic heterocycles. The van der Waals surface area contributed by atoms with E-state index in [-0.39, 0.29) is 5.56 Å². The number of carboxylic acids is 1. The van der Waals surface area contributed by atoms with Gasteiger partial charge in [-0.25, -0.2) is 4.79 Å². The molecule has 4 heteroatoms. The van der Waals surface area contributed by atoms with Crippen molar-refractivity contribution in [3.05, 3.63) is 58.7 Å². The van der Waals surface area contributed by atoms with Crippen molar-refractivity contribution in [1.29, 1.82) is 0 Å². The number of nitrogens with one attached hydrogen (secondary N) is 1. The number of aromatic nitrogens is 1. The highest BCUT2D eigenvalue weighted by Crippen LogP contribution is 2.31. The summed E-state index contributed by atoms with van der Waals surface area (Å²) >= 11 is 3.31. The Hall–Kier alpha value is -2.07. The fourth-order valence-corrected chi connectivity index (χ4v) is 2.74. The Morgan fingerprint density at radius 1 is 1.16 bits per heavy atom. The van der Waals surface area contributed by atoms with Gasteiger partial charge in [0, 0.05) is 21.6 Å². The van der Waals surface area contributed by atoms with Crippen LogP contribution in [0.1, 0.15) is 10.4 Å². The number of halogens is 1. The molecule has 94 valence electrons. The number of aromatic amines is 1. The number of fused-ring (bicyclic) bond motifs is 1. The summed E-state index contributed by atoms with van der Waals surface area (Å²) in [4.78, 5) is 14.2. The van der Waals surface area contributed by atoms with Crippen LogP contribution in [-0.4, -0.2) is 16.1 Å². The average molecular weight is 316 g/mol. The standard InChI is InChI=1S/C15H10BrNO2/c16-13-8-9(4-5-12(13)15(18)19)10-2-1-3-14-11(10)6-7-17-14/h1-8,17H,(H,18,19). The third-order valence-corrected chi connectivity index (χ3v) is 3.76. The van der Waals surface area contributed by atoms with E-state index in [1.807, 2.05) is 42.6 Å². The van der Waals surface area contributed by atoms with Crippen LogP contribution in [0.5, 0.6) is 0 Å². The first-order valence-electron chi connectivity index (χ1n) is 5.76. The summed E-state index contributed by atoms with van der Waals surface area (Å²) in [5.41, 5.74) is 3.40. The van der Waals surface area contributed by atoms with Gasteiger partial charge in [-0.1, -0.05) is 18.2 Å². The minimum Gasteiger partial charge on any atom is -0.478 e. The summed E-state index contributed by atoms with van der Waals surface area (Å²) in [5.74, 6) is -0.932. The lowest BCUT2D eigenvalue weighted by Crippen LogP contribution is -1.97. The topological polar surface area (TPSA) is 53.1 Å². The number of aromatic carboxylic acids is 1. The van der Waals surface area contributed by atoms with Gasteiger partial charge in [-0.2, -0.15) is 0 Å². The number of hydrogen-bond acceptors (Lipinski definition) is 1. The first-order chi connectivity index (χ1) is 9.16. The third kappa shape index (κ3) is 2.04. The maximum absolute atomic E-state index is 11.0. The molecule has 3 nitrogen and oxygen atoms in total. The van der Waals surface area contributed by atoms with Crippen LogP contribution < -0.4 is 0 Å². The molecule has 2 aromatic carbocycles. The first kappa shape index (κ1) is 12.0. The Labute approximate surface area is 118 Å². The quantitative estimate of drug-likeness (QED) is 0.741. The molecule has 0 fully saturated rings. The molecule has 0 atom stereocenters.